The van der Waals surface area contributed by atoms with Crippen molar-refractivity contribution in [2.45, 2.75) is 32.4 Å². The topological polar surface area (TPSA) is 47.0 Å². The SMILES string of the molecule is C[C@H]1CN(CCC(=O)N2CCc3ccccc3C2)CCN1CCO. The van der Waals surface area contributed by atoms with Gasteiger partial charge in [0.25, 0.3) is 0 Å². The van der Waals surface area contributed by atoms with Crippen molar-refractivity contribution in [3.63, 3.8) is 0 Å². The second-order valence-electron chi connectivity index (χ2n) is 6.99. The molecule has 2 aliphatic rings. The van der Waals surface area contributed by atoms with Crippen LogP contribution in [-0.4, -0.2) is 77.6 Å². The van der Waals surface area contributed by atoms with Crippen LogP contribution in [0.15, 0.2) is 24.3 Å². The van der Waals surface area contributed by atoms with E-state index in [4.69, 9.17) is 5.11 Å². The maximum absolute atomic E-state index is 12.6. The Morgan fingerprint density at radius 1 is 1.17 bits per heavy atom. The summed E-state index contributed by atoms with van der Waals surface area (Å²) in [6.07, 6.45) is 1.58. The number of rotatable bonds is 5. The summed E-state index contributed by atoms with van der Waals surface area (Å²) in [4.78, 5) is 19.3. The predicted molar refractivity (Wildman–Crippen MR) is 94.7 cm³/mol. The quantitative estimate of drug-likeness (QED) is 0.873. The molecule has 0 unspecified atom stereocenters. The summed E-state index contributed by atoms with van der Waals surface area (Å²) in [6.45, 7) is 8.57. The van der Waals surface area contributed by atoms with Gasteiger partial charge >= 0.3 is 0 Å². The Kier molecular flexibility index (Phi) is 5.87. The molecule has 0 radical (unpaired) electrons. The van der Waals surface area contributed by atoms with Crippen LogP contribution in [0.5, 0.6) is 0 Å². The van der Waals surface area contributed by atoms with Gasteiger partial charge in [0.05, 0.1) is 6.61 Å². The molecular weight excluding hydrogens is 302 g/mol. The maximum atomic E-state index is 12.6. The van der Waals surface area contributed by atoms with E-state index in [1.807, 2.05) is 4.90 Å². The third-order valence-corrected chi connectivity index (χ3v) is 5.36. The van der Waals surface area contributed by atoms with E-state index in [1.54, 1.807) is 0 Å². The Labute approximate surface area is 144 Å². The second-order valence-corrected chi connectivity index (χ2v) is 6.99. The van der Waals surface area contributed by atoms with Gasteiger partial charge in [0.1, 0.15) is 0 Å². The number of carbonyl (C=O) groups excluding carboxylic acids is 1. The van der Waals surface area contributed by atoms with Crippen molar-refractivity contribution in [3.8, 4) is 0 Å². The minimum absolute atomic E-state index is 0.221. The lowest BCUT2D eigenvalue weighted by Gasteiger charge is -2.39. The number of hydrogen-bond donors (Lipinski definition) is 1. The molecule has 3 rings (SSSR count). The first kappa shape index (κ1) is 17.4. The third kappa shape index (κ3) is 4.15. The average molecular weight is 331 g/mol. The molecule has 132 valence electrons. The highest BCUT2D eigenvalue weighted by Crippen LogP contribution is 2.19. The van der Waals surface area contributed by atoms with Crippen molar-refractivity contribution < 1.29 is 9.90 Å². The fourth-order valence-electron chi connectivity index (χ4n) is 3.85. The molecule has 24 heavy (non-hydrogen) atoms. The first-order chi connectivity index (χ1) is 11.7. The first-order valence-electron chi connectivity index (χ1n) is 9.09. The Morgan fingerprint density at radius 3 is 2.71 bits per heavy atom. The Bertz CT molecular complexity index is 563. The average Bonchev–Trinajstić information content (AvgIpc) is 2.61. The summed E-state index contributed by atoms with van der Waals surface area (Å²) in [5, 5.41) is 9.09. The minimum Gasteiger partial charge on any atom is -0.395 e. The van der Waals surface area contributed by atoms with E-state index >= 15 is 0 Å². The molecule has 1 aromatic carbocycles. The van der Waals surface area contributed by atoms with Crippen molar-refractivity contribution in [2.24, 2.45) is 0 Å². The van der Waals surface area contributed by atoms with Gasteiger partial charge in [0.2, 0.25) is 5.91 Å². The molecule has 5 nitrogen and oxygen atoms in total. The fraction of sp³-hybridized carbons (Fsp3) is 0.632. The fourth-order valence-corrected chi connectivity index (χ4v) is 3.85. The molecule has 5 heteroatoms. The van der Waals surface area contributed by atoms with Crippen molar-refractivity contribution in [3.05, 3.63) is 35.4 Å². The van der Waals surface area contributed by atoms with Crippen LogP contribution < -0.4 is 0 Å². The van der Waals surface area contributed by atoms with Crippen molar-refractivity contribution in [1.29, 1.82) is 0 Å². The lowest BCUT2D eigenvalue weighted by molar-refractivity contribution is -0.132. The van der Waals surface area contributed by atoms with Crippen molar-refractivity contribution in [2.75, 3.05) is 45.9 Å². The van der Waals surface area contributed by atoms with Crippen molar-refractivity contribution in [1.82, 2.24) is 14.7 Å². The number of β-amino-alcohol motifs (C(OH)–C–C–N with tert-alkyl or cyclic N) is 1. The zero-order valence-corrected chi connectivity index (χ0v) is 14.7. The molecule has 1 fully saturated rings. The Morgan fingerprint density at radius 2 is 1.96 bits per heavy atom. The smallest absolute Gasteiger partial charge is 0.224 e. The van der Waals surface area contributed by atoms with Crippen LogP contribution in [0.3, 0.4) is 0 Å². The molecule has 1 atom stereocenters. The molecule has 2 heterocycles. The van der Waals surface area contributed by atoms with Gasteiger partial charge in [0.15, 0.2) is 0 Å². The minimum atomic E-state index is 0.221. The zero-order chi connectivity index (χ0) is 16.9. The number of piperazine rings is 1. The molecule has 0 spiro atoms. The summed E-state index contributed by atoms with van der Waals surface area (Å²) in [7, 11) is 0. The molecule has 1 aromatic rings. The predicted octanol–water partition coefficient (Wildman–Crippen LogP) is 0.960. The van der Waals surface area contributed by atoms with Gasteiger partial charge in [-0.1, -0.05) is 24.3 Å². The maximum Gasteiger partial charge on any atom is 0.224 e. The number of benzene rings is 1. The summed E-state index contributed by atoms with van der Waals surface area (Å²) in [5.41, 5.74) is 2.68. The van der Waals surface area contributed by atoms with Gasteiger partial charge in [-0.25, -0.2) is 0 Å². The molecule has 0 saturated carbocycles. The molecule has 0 aromatic heterocycles. The summed E-state index contributed by atoms with van der Waals surface area (Å²) in [6, 6.07) is 8.89. The summed E-state index contributed by atoms with van der Waals surface area (Å²) in [5.74, 6) is 0.273. The molecule has 0 aliphatic carbocycles. The zero-order valence-electron chi connectivity index (χ0n) is 14.7. The van der Waals surface area contributed by atoms with Crippen LogP contribution in [-0.2, 0) is 17.8 Å². The Balaban J connectivity index is 1.45. The monoisotopic (exact) mass is 331 g/mol. The van der Waals surface area contributed by atoms with Gasteiger partial charge in [-0.3, -0.25) is 9.69 Å². The van der Waals surface area contributed by atoms with E-state index in [0.29, 0.717) is 12.5 Å². The standard InChI is InChI=1S/C19H29N3O2/c1-16-14-20(10-11-21(16)12-13-23)8-7-19(24)22-9-6-17-4-2-3-5-18(17)15-22/h2-5,16,23H,6-15H2,1H3/t16-/m0/s1. The first-order valence-corrected chi connectivity index (χ1v) is 9.09. The highest BCUT2D eigenvalue weighted by atomic mass is 16.3. The molecular formula is C19H29N3O2. The van der Waals surface area contributed by atoms with Gasteiger partial charge in [0, 0.05) is 58.3 Å². The largest absolute Gasteiger partial charge is 0.395 e. The number of carbonyl (C=O) groups is 1. The number of hydrogen-bond acceptors (Lipinski definition) is 4. The highest BCUT2D eigenvalue weighted by Gasteiger charge is 2.25. The van der Waals surface area contributed by atoms with Crippen LogP contribution in [0.2, 0.25) is 0 Å². The normalized spacial score (nSPS) is 22.4. The molecule has 0 bridgehead atoms. The van der Waals surface area contributed by atoms with Crippen LogP contribution in [0, 0.1) is 0 Å². The molecule has 1 N–H and O–H groups in total. The lowest BCUT2D eigenvalue weighted by atomic mass is 10.00. The van der Waals surface area contributed by atoms with Crippen LogP contribution >= 0.6 is 0 Å². The van der Waals surface area contributed by atoms with E-state index < -0.39 is 0 Å². The highest BCUT2D eigenvalue weighted by molar-refractivity contribution is 5.76. The van der Waals surface area contributed by atoms with Crippen LogP contribution in [0.4, 0.5) is 0 Å². The lowest BCUT2D eigenvalue weighted by Crippen LogP contribution is -2.53. The Hall–Kier alpha value is -1.43. The van der Waals surface area contributed by atoms with Crippen LogP contribution in [0.25, 0.3) is 0 Å². The number of aliphatic hydroxyl groups excluding tert-OH is 1. The van der Waals surface area contributed by atoms with Gasteiger partial charge in [-0.15, -0.1) is 0 Å². The van der Waals surface area contributed by atoms with E-state index in [0.717, 1.165) is 52.2 Å². The van der Waals surface area contributed by atoms with Gasteiger partial charge < -0.3 is 14.9 Å². The molecule has 2 aliphatic heterocycles. The number of aliphatic hydroxyl groups is 1. The van der Waals surface area contributed by atoms with Crippen LogP contribution in [0.1, 0.15) is 24.5 Å². The summed E-state index contributed by atoms with van der Waals surface area (Å²) >= 11 is 0. The van der Waals surface area contributed by atoms with Gasteiger partial charge in [-0.05, 0) is 24.5 Å². The van der Waals surface area contributed by atoms with Gasteiger partial charge in [-0.2, -0.15) is 0 Å². The van der Waals surface area contributed by atoms with E-state index in [9.17, 15) is 4.79 Å². The number of nitrogens with zero attached hydrogens (tertiary/aromatic N) is 3. The van der Waals surface area contributed by atoms with E-state index in [1.165, 1.54) is 11.1 Å². The van der Waals surface area contributed by atoms with Crippen molar-refractivity contribution >= 4 is 5.91 Å². The molecule has 1 saturated heterocycles. The van der Waals surface area contributed by atoms with E-state index in [2.05, 4.69) is 41.0 Å². The van der Waals surface area contributed by atoms with E-state index in [-0.39, 0.29) is 12.5 Å². The third-order valence-electron chi connectivity index (χ3n) is 5.36. The second kappa shape index (κ2) is 8.10. The molecule has 1 amide bonds. The summed E-state index contributed by atoms with van der Waals surface area (Å²) < 4.78 is 0. The number of amides is 1. The number of fused-ring (bicyclic) bond motifs is 1.